The topological polar surface area (TPSA) is 55.8 Å². The molecule has 0 heterocycles. The lowest BCUT2D eigenvalue weighted by Gasteiger charge is -2.22. The third-order valence-electron chi connectivity index (χ3n) is 3.94. The molecule has 122 valence electrons. The second kappa shape index (κ2) is 8.02. The molecular weight excluding hydrogens is 292 g/mol. The summed E-state index contributed by atoms with van der Waals surface area (Å²) in [6.45, 7) is 1.67. The van der Waals surface area contributed by atoms with E-state index in [1.54, 1.807) is 6.92 Å². The molecule has 0 saturated carbocycles. The lowest BCUT2D eigenvalue weighted by Crippen LogP contribution is -2.33. The van der Waals surface area contributed by atoms with Crippen LogP contribution in [0.5, 0.6) is 0 Å². The summed E-state index contributed by atoms with van der Waals surface area (Å²) in [5.41, 5.74) is 2.86. The minimum atomic E-state index is -0.955. The van der Waals surface area contributed by atoms with E-state index in [9.17, 15) is 9.90 Å². The lowest BCUT2D eigenvalue weighted by molar-refractivity contribution is -0.163. The molecule has 0 aliphatic carbocycles. The monoisotopic (exact) mass is 314 g/mol. The largest absolute Gasteiger partial charge is 0.388 e. The fourth-order valence-electron chi connectivity index (χ4n) is 2.49. The molecule has 2 aromatic carbocycles. The number of carbonyl (C=O) groups is 1. The van der Waals surface area contributed by atoms with Crippen LogP contribution in [0.3, 0.4) is 0 Å². The third kappa shape index (κ3) is 4.05. The van der Waals surface area contributed by atoms with Crippen LogP contribution < -0.4 is 0 Å². The highest BCUT2D eigenvalue weighted by molar-refractivity contribution is 5.84. The Hall–Kier alpha value is -2.01. The zero-order chi connectivity index (χ0) is 16.8. The summed E-state index contributed by atoms with van der Waals surface area (Å²) < 4.78 is 9.93. The number of ketones is 1. The lowest BCUT2D eigenvalue weighted by atomic mass is 9.92. The minimum Gasteiger partial charge on any atom is -0.388 e. The maximum atomic E-state index is 12.2. The molecule has 2 atom stereocenters. The fourth-order valence-corrected chi connectivity index (χ4v) is 2.49. The van der Waals surface area contributed by atoms with E-state index in [2.05, 4.69) is 0 Å². The normalized spacial score (nSPS) is 13.8. The van der Waals surface area contributed by atoms with Gasteiger partial charge in [0.1, 0.15) is 0 Å². The van der Waals surface area contributed by atoms with Crippen LogP contribution in [0.4, 0.5) is 0 Å². The summed E-state index contributed by atoms with van der Waals surface area (Å²) in [4.78, 5) is 12.2. The van der Waals surface area contributed by atoms with E-state index >= 15 is 0 Å². The number of aliphatic hydroxyl groups is 1. The third-order valence-corrected chi connectivity index (χ3v) is 3.94. The Morgan fingerprint density at radius 2 is 1.43 bits per heavy atom. The summed E-state index contributed by atoms with van der Waals surface area (Å²) >= 11 is 0. The van der Waals surface area contributed by atoms with Gasteiger partial charge in [-0.15, -0.1) is 0 Å². The minimum absolute atomic E-state index is 0.283. The van der Waals surface area contributed by atoms with Crippen molar-refractivity contribution < 1.29 is 19.4 Å². The molecule has 0 saturated heterocycles. The van der Waals surface area contributed by atoms with Gasteiger partial charge in [0.25, 0.3) is 0 Å². The van der Waals surface area contributed by atoms with E-state index in [-0.39, 0.29) is 5.78 Å². The Labute approximate surface area is 136 Å². The molecule has 2 aromatic rings. The average Bonchev–Trinajstić information content (AvgIpc) is 2.62. The van der Waals surface area contributed by atoms with Crippen molar-refractivity contribution in [2.75, 3.05) is 14.2 Å². The Morgan fingerprint density at radius 3 is 1.96 bits per heavy atom. The van der Waals surface area contributed by atoms with Crippen LogP contribution in [0, 0.1) is 5.92 Å². The predicted molar refractivity (Wildman–Crippen MR) is 88.8 cm³/mol. The highest BCUT2D eigenvalue weighted by Gasteiger charge is 2.29. The Morgan fingerprint density at radius 1 is 0.913 bits per heavy atom. The number of carbonyl (C=O) groups excluding carboxylic acids is 1. The molecular formula is C19H22O4. The van der Waals surface area contributed by atoms with Crippen molar-refractivity contribution in [2.45, 2.75) is 19.3 Å². The van der Waals surface area contributed by atoms with E-state index < -0.39 is 18.3 Å². The fraction of sp³-hybridized carbons (Fsp3) is 0.316. The first-order chi connectivity index (χ1) is 11.1. The van der Waals surface area contributed by atoms with Gasteiger partial charge >= 0.3 is 0 Å². The zero-order valence-electron chi connectivity index (χ0n) is 13.6. The smallest absolute Gasteiger partial charge is 0.217 e. The van der Waals surface area contributed by atoms with E-state index in [4.69, 9.17) is 9.47 Å². The number of benzene rings is 2. The number of ether oxygens (including phenoxy) is 2. The number of aliphatic hydroxyl groups excluding tert-OH is 1. The summed E-state index contributed by atoms with van der Waals surface area (Å²) in [6.07, 6.45) is -1.86. The molecule has 0 fully saturated rings. The summed E-state index contributed by atoms with van der Waals surface area (Å²) in [7, 11) is 2.81. The van der Waals surface area contributed by atoms with Gasteiger partial charge in [-0.3, -0.25) is 4.79 Å². The van der Waals surface area contributed by atoms with Crippen LogP contribution in [0.15, 0.2) is 54.6 Å². The van der Waals surface area contributed by atoms with Crippen molar-refractivity contribution >= 4 is 5.78 Å². The molecule has 4 nitrogen and oxygen atoms in total. The predicted octanol–water partition coefficient (Wildman–Crippen LogP) is 3.21. The SMILES string of the molecule is COC(OC)C(=O)[C@@H](C)[C@H](O)c1ccc(-c2ccccc2)cc1. The molecule has 0 aliphatic rings. The van der Waals surface area contributed by atoms with Crippen molar-refractivity contribution in [3.63, 3.8) is 0 Å². The van der Waals surface area contributed by atoms with Gasteiger partial charge in [-0.05, 0) is 16.7 Å². The highest BCUT2D eigenvalue weighted by Crippen LogP contribution is 2.27. The summed E-state index contributed by atoms with van der Waals surface area (Å²) in [5.74, 6) is -0.905. The van der Waals surface area contributed by atoms with Crippen molar-refractivity contribution in [1.82, 2.24) is 0 Å². The van der Waals surface area contributed by atoms with Crippen LogP contribution in [0.2, 0.25) is 0 Å². The van der Waals surface area contributed by atoms with Crippen LogP contribution in [-0.4, -0.2) is 31.4 Å². The van der Waals surface area contributed by atoms with Gasteiger partial charge in [-0.1, -0.05) is 61.5 Å². The van der Waals surface area contributed by atoms with E-state index in [0.717, 1.165) is 11.1 Å². The van der Waals surface area contributed by atoms with E-state index in [1.807, 2.05) is 54.6 Å². The van der Waals surface area contributed by atoms with Gasteiger partial charge in [-0.2, -0.15) is 0 Å². The number of hydrogen-bond donors (Lipinski definition) is 1. The number of methoxy groups -OCH3 is 2. The van der Waals surface area contributed by atoms with Crippen LogP contribution in [0.25, 0.3) is 11.1 Å². The van der Waals surface area contributed by atoms with Crippen LogP contribution in [0.1, 0.15) is 18.6 Å². The van der Waals surface area contributed by atoms with Gasteiger partial charge in [0, 0.05) is 14.2 Å². The van der Waals surface area contributed by atoms with Gasteiger partial charge in [-0.25, -0.2) is 0 Å². The van der Waals surface area contributed by atoms with Crippen molar-refractivity contribution in [1.29, 1.82) is 0 Å². The van der Waals surface area contributed by atoms with Crippen molar-refractivity contribution in [3.05, 3.63) is 60.2 Å². The standard InChI is InChI=1S/C19H22O4/c1-13(18(21)19(22-2)23-3)17(20)16-11-9-15(10-12-16)14-7-5-4-6-8-14/h4-13,17,19-20H,1-3H3/t13-,17-/m0/s1. The van der Waals surface area contributed by atoms with Crippen LogP contribution >= 0.6 is 0 Å². The number of hydrogen-bond acceptors (Lipinski definition) is 4. The molecule has 2 rings (SSSR count). The Balaban J connectivity index is 2.14. The number of rotatable bonds is 7. The quantitative estimate of drug-likeness (QED) is 0.797. The Kier molecular flexibility index (Phi) is 6.04. The molecule has 0 unspecified atom stereocenters. The molecule has 0 radical (unpaired) electrons. The summed E-state index contributed by atoms with van der Waals surface area (Å²) in [5, 5.41) is 10.4. The molecule has 23 heavy (non-hydrogen) atoms. The van der Waals surface area contributed by atoms with Gasteiger partial charge in [0.15, 0.2) is 5.78 Å². The molecule has 0 aliphatic heterocycles. The molecule has 0 bridgehead atoms. The maximum Gasteiger partial charge on any atom is 0.217 e. The second-order valence-corrected chi connectivity index (χ2v) is 5.43. The molecule has 0 amide bonds. The molecule has 1 N–H and O–H groups in total. The molecule has 4 heteroatoms. The van der Waals surface area contributed by atoms with Crippen LogP contribution in [-0.2, 0) is 14.3 Å². The first-order valence-corrected chi connectivity index (χ1v) is 7.51. The zero-order valence-corrected chi connectivity index (χ0v) is 13.6. The van der Waals surface area contributed by atoms with Gasteiger partial charge < -0.3 is 14.6 Å². The van der Waals surface area contributed by atoms with Crippen molar-refractivity contribution in [3.8, 4) is 11.1 Å². The summed E-state index contributed by atoms with van der Waals surface area (Å²) in [6, 6.07) is 17.5. The first-order valence-electron chi connectivity index (χ1n) is 7.51. The van der Waals surface area contributed by atoms with E-state index in [1.165, 1.54) is 14.2 Å². The first kappa shape index (κ1) is 17.3. The van der Waals surface area contributed by atoms with Gasteiger partial charge in [0.2, 0.25) is 6.29 Å². The number of Topliss-reactive ketones (excluding diaryl/α,β-unsaturated/α-hetero) is 1. The van der Waals surface area contributed by atoms with Crippen molar-refractivity contribution in [2.24, 2.45) is 5.92 Å². The molecule has 0 aromatic heterocycles. The average molecular weight is 314 g/mol. The Bertz CT molecular complexity index is 618. The molecule has 0 spiro atoms. The van der Waals surface area contributed by atoms with E-state index in [0.29, 0.717) is 5.56 Å². The van der Waals surface area contributed by atoms with Gasteiger partial charge in [0.05, 0.1) is 12.0 Å². The maximum absolute atomic E-state index is 12.2. The second-order valence-electron chi connectivity index (χ2n) is 5.43. The highest BCUT2D eigenvalue weighted by atomic mass is 16.7.